The van der Waals surface area contributed by atoms with Gasteiger partial charge in [0.15, 0.2) is 0 Å². The summed E-state index contributed by atoms with van der Waals surface area (Å²) in [5.41, 5.74) is -0.494. The van der Waals surface area contributed by atoms with E-state index in [1.807, 2.05) is 12.1 Å². The first-order valence-electron chi connectivity index (χ1n) is 5.22. The van der Waals surface area contributed by atoms with E-state index in [1.165, 1.54) is 0 Å². The zero-order valence-corrected chi connectivity index (χ0v) is 10.4. The van der Waals surface area contributed by atoms with Crippen molar-refractivity contribution in [3.05, 3.63) is 22.8 Å². The van der Waals surface area contributed by atoms with Crippen LogP contribution in [0.15, 0.2) is 22.8 Å². The minimum Gasteiger partial charge on any atom is -0.386 e. The minimum absolute atomic E-state index is 0.494. The average molecular weight is 271 g/mol. The molecule has 0 aliphatic carbocycles. The van der Waals surface area contributed by atoms with Gasteiger partial charge in [0.25, 0.3) is 0 Å². The van der Waals surface area contributed by atoms with Crippen LogP contribution in [0.25, 0.3) is 0 Å². The Morgan fingerprint density at radius 1 is 1.60 bits per heavy atom. The molecule has 0 aromatic carbocycles. The van der Waals surface area contributed by atoms with Gasteiger partial charge in [0.2, 0.25) is 0 Å². The molecule has 1 N–H and O–H groups in total. The molecule has 0 atom stereocenters. The summed E-state index contributed by atoms with van der Waals surface area (Å²) < 4.78 is 0.989. The van der Waals surface area contributed by atoms with E-state index in [0.717, 1.165) is 23.1 Å². The molecule has 2 rings (SSSR count). The Morgan fingerprint density at radius 3 is 2.93 bits per heavy atom. The van der Waals surface area contributed by atoms with E-state index in [-0.39, 0.29) is 0 Å². The predicted octanol–water partition coefficient (Wildman–Crippen LogP) is 2.20. The fourth-order valence-corrected chi connectivity index (χ4v) is 2.55. The van der Waals surface area contributed by atoms with E-state index in [1.54, 1.807) is 6.20 Å². The largest absolute Gasteiger partial charge is 0.386 e. The first-order valence-corrected chi connectivity index (χ1v) is 6.02. The number of hydrogen-bond donors (Lipinski definition) is 1. The number of pyridine rings is 1. The van der Waals surface area contributed by atoms with Gasteiger partial charge in [-0.25, -0.2) is 4.98 Å². The second-order valence-electron chi connectivity index (χ2n) is 4.14. The summed E-state index contributed by atoms with van der Waals surface area (Å²) in [7, 11) is 0. The molecule has 82 valence electrons. The molecule has 3 nitrogen and oxygen atoms in total. The highest BCUT2D eigenvalue weighted by Gasteiger charge is 2.41. The Morgan fingerprint density at radius 2 is 2.33 bits per heavy atom. The topological polar surface area (TPSA) is 36.4 Å². The van der Waals surface area contributed by atoms with Crippen molar-refractivity contribution in [3.63, 3.8) is 0 Å². The van der Waals surface area contributed by atoms with Gasteiger partial charge in [-0.05, 0) is 34.5 Å². The number of aliphatic hydroxyl groups is 1. The van der Waals surface area contributed by atoms with Crippen LogP contribution in [0.2, 0.25) is 0 Å². The van der Waals surface area contributed by atoms with E-state index >= 15 is 0 Å². The van der Waals surface area contributed by atoms with Crippen molar-refractivity contribution in [1.29, 1.82) is 0 Å². The van der Waals surface area contributed by atoms with Gasteiger partial charge in [-0.1, -0.05) is 13.3 Å². The lowest BCUT2D eigenvalue weighted by Crippen LogP contribution is -2.62. The van der Waals surface area contributed by atoms with Crippen LogP contribution in [0.1, 0.15) is 19.8 Å². The summed E-state index contributed by atoms with van der Waals surface area (Å²) in [5.74, 6) is 0.929. The Kier molecular flexibility index (Phi) is 2.98. The Hall–Kier alpha value is -0.610. The Bertz CT molecular complexity index is 350. The van der Waals surface area contributed by atoms with Crippen LogP contribution in [0.5, 0.6) is 0 Å². The molecule has 0 bridgehead atoms. The van der Waals surface area contributed by atoms with Crippen LogP contribution < -0.4 is 4.90 Å². The number of anilines is 1. The Balaban J connectivity index is 2.03. The summed E-state index contributed by atoms with van der Waals surface area (Å²) in [5, 5.41) is 10.0. The van der Waals surface area contributed by atoms with E-state index in [9.17, 15) is 5.11 Å². The second kappa shape index (κ2) is 4.10. The zero-order valence-electron chi connectivity index (χ0n) is 8.78. The van der Waals surface area contributed by atoms with Crippen molar-refractivity contribution in [1.82, 2.24) is 4.98 Å². The van der Waals surface area contributed by atoms with Crippen LogP contribution in [-0.2, 0) is 0 Å². The fourth-order valence-electron chi connectivity index (χ4n) is 2.05. The monoisotopic (exact) mass is 270 g/mol. The average Bonchev–Trinajstić information content (AvgIpc) is 2.15. The number of nitrogens with zero attached hydrogens (tertiary/aromatic N) is 2. The van der Waals surface area contributed by atoms with Gasteiger partial charge in [0.1, 0.15) is 5.82 Å². The van der Waals surface area contributed by atoms with Crippen molar-refractivity contribution in [3.8, 4) is 0 Å². The van der Waals surface area contributed by atoms with Gasteiger partial charge in [-0.3, -0.25) is 0 Å². The summed E-state index contributed by atoms with van der Waals surface area (Å²) in [4.78, 5) is 6.39. The minimum atomic E-state index is -0.494. The van der Waals surface area contributed by atoms with Crippen LogP contribution in [0, 0.1) is 0 Å². The Labute approximate surface area is 98.3 Å². The third-order valence-corrected chi connectivity index (χ3v) is 3.34. The fraction of sp³-hybridized carbons (Fsp3) is 0.545. The molecular formula is C11H15BrN2O. The van der Waals surface area contributed by atoms with E-state index in [0.29, 0.717) is 13.1 Å². The van der Waals surface area contributed by atoms with Crippen LogP contribution in [0.3, 0.4) is 0 Å². The third kappa shape index (κ3) is 2.16. The standard InChI is InChI=1S/C11H15BrN2O/c1-2-5-11(15)7-14(8-11)10-9(12)4-3-6-13-10/h3-4,6,15H,2,5,7-8H2,1H3. The van der Waals surface area contributed by atoms with Gasteiger partial charge in [0, 0.05) is 6.20 Å². The predicted molar refractivity (Wildman–Crippen MR) is 64.0 cm³/mol. The van der Waals surface area contributed by atoms with Crippen molar-refractivity contribution in [2.75, 3.05) is 18.0 Å². The van der Waals surface area contributed by atoms with E-state index in [4.69, 9.17) is 0 Å². The van der Waals surface area contributed by atoms with Crippen LogP contribution >= 0.6 is 15.9 Å². The summed E-state index contributed by atoms with van der Waals surface area (Å²) in [6.07, 6.45) is 3.67. The highest BCUT2D eigenvalue weighted by atomic mass is 79.9. The molecule has 0 saturated carbocycles. The van der Waals surface area contributed by atoms with Crippen molar-refractivity contribution < 1.29 is 5.11 Å². The van der Waals surface area contributed by atoms with Gasteiger partial charge >= 0.3 is 0 Å². The SMILES string of the molecule is CCCC1(O)CN(c2ncccc2Br)C1. The molecule has 0 radical (unpaired) electrons. The number of hydrogen-bond acceptors (Lipinski definition) is 3. The van der Waals surface area contributed by atoms with Crippen molar-refractivity contribution >= 4 is 21.7 Å². The molecule has 1 aromatic heterocycles. The molecule has 1 fully saturated rings. The lowest BCUT2D eigenvalue weighted by molar-refractivity contribution is 0.00287. The smallest absolute Gasteiger partial charge is 0.143 e. The molecule has 1 aliphatic heterocycles. The maximum absolute atomic E-state index is 10.0. The van der Waals surface area contributed by atoms with Gasteiger partial charge in [-0.2, -0.15) is 0 Å². The molecule has 2 heterocycles. The second-order valence-corrected chi connectivity index (χ2v) is 4.99. The number of rotatable bonds is 3. The van der Waals surface area contributed by atoms with Crippen molar-refractivity contribution in [2.45, 2.75) is 25.4 Å². The summed E-state index contributed by atoms with van der Waals surface area (Å²) >= 11 is 3.46. The lowest BCUT2D eigenvalue weighted by atomic mass is 9.89. The summed E-state index contributed by atoms with van der Waals surface area (Å²) in [6.45, 7) is 3.48. The normalized spacial score (nSPS) is 18.7. The van der Waals surface area contributed by atoms with Crippen molar-refractivity contribution in [2.24, 2.45) is 0 Å². The third-order valence-electron chi connectivity index (χ3n) is 2.72. The first-order chi connectivity index (χ1) is 7.14. The zero-order chi connectivity index (χ0) is 10.9. The van der Waals surface area contributed by atoms with E-state index in [2.05, 4.69) is 32.7 Å². The molecule has 15 heavy (non-hydrogen) atoms. The van der Waals surface area contributed by atoms with Gasteiger partial charge in [-0.15, -0.1) is 0 Å². The quantitative estimate of drug-likeness (QED) is 0.915. The molecule has 0 spiro atoms. The summed E-state index contributed by atoms with van der Waals surface area (Å²) in [6, 6.07) is 3.87. The number of halogens is 1. The highest BCUT2D eigenvalue weighted by molar-refractivity contribution is 9.10. The molecular weight excluding hydrogens is 256 g/mol. The molecule has 4 heteroatoms. The molecule has 0 unspecified atom stereocenters. The maximum Gasteiger partial charge on any atom is 0.143 e. The van der Waals surface area contributed by atoms with Crippen LogP contribution in [0.4, 0.5) is 5.82 Å². The maximum atomic E-state index is 10.0. The molecule has 1 aromatic rings. The molecule has 1 saturated heterocycles. The first kappa shape index (κ1) is 10.9. The highest BCUT2D eigenvalue weighted by Crippen LogP contribution is 2.33. The lowest BCUT2D eigenvalue weighted by Gasteiger charge is -2.47. The molecule has 0 amide bonds. The number of β-amino-alcohol motifs (C(OH)–C–C–N with tert-alkyl or cyclic N) is 1. The van der Waals surface area contributed by atoms with Crippen LogP contribution in [-0.4, -0.2) is 28.8 Å². The van der Waals surface area contributed by atoms with E-state index < -0.39 is 5.60 Å². The van der Waals surface area contributed by atoms with Gasteiger partial charge in [0.05, 0.1) is 23.2 Å². The molecule has 1 aliphatic rings. The number of aromatic nitrogens is 1. The van der Waals surface area contributed by atoms with Gasteiger partial charge < -0.3 is 10.0 Å².